The number of halogens is 1. The van der Waals surface area contributed by atoms with Crippen molar-refractivity contribution in [1.82, 2.24) is 9.55 Å². The summed E-state index contributed by atoms with van der Waals surface area (Å²) in [6.07, 6.45) is 5.08. The molecule has 3 aromatic rings. The van der Waals surface area contributed by atoms with Crippen molar-refractivity contribution in [2.24, 2.45) is 5.92 Å². The fraction of sp³-hybridized carbons (Fsp3) is 0.455. The van der Waals surface area contributed by atoms with E-state index in [0.717, 1.165) is 54.2 Å². The molecule has 0 amide bonds. The summed E-state index contributed by atoms with van der Waals surface area (Å²) in [5, 5.41) is 9.54. The maximum atomic E-state index is 13.2. The molecular formula is C22H27BrN3O3S+. The van der Waals surface area contributed by atoms with E-state index >= 15 is 0 Å². The van der Waals surface area contributed by atoms with E-state index in [9.17, 15) is 9.42 Å². The van der Waals surface area contributed by atoms with E-state index in [0.29, 0.717) is 20.2 Å². The van der Waals surface area contributed by atoms with Crippen LogP contribution in [-0.2, 0) is 27.5 Å². The Balaban J connectivity index is 1.74. The van der Waals surface area contributed by atoms with Crippen molar-refractivity contribution in [1.29, 1.82) is 0 Å². The van der Waals surface area contributed by atoms with Crippen LogP contribution in [0.3, 0.4) is 0 Å². The van der Waals surface area contributed by atoms with E-state index in [2.05, 4.69) is 41.3 Å². The first-order valence-electron chi connectivity index (χ1n) is 10.1. The Morgan fingerprint density at radius 2 is 2.03 bits per heavy atom. The smallest absolute Gasteiger partial charge is 0.237 e. The summed E-state index contributed by atoms with van der Waals surface area (Å²) in [6, 6.07) is 7.52. The standard InChI is InChI=1S/C22H27BrN3O3S/c1-22(2,3)21-24-18-12-16(30(28)20-6-9-25(27)14-17(20)23)4-5-19(18)26(21)13-15-7-10-29-11-8-15/h4-6,9,12,14-15,27H,7-8,10-11,13H2,1-3H3/q+1. The number of nitrogens with zero attached hydrogens (tertiary/aromatic N) is 3. The van der Waals surface area contributed by atoms with Gasteiger partial charge in [-0.1, -0.05) is 20.8 Å². The normalized spacial score (nSPS) is 16.8. The average molecular weight is 493 g/mol. The van der Waals surface area contributed by atoms with Gasteiger partial charge in [-0.25, -0.2) is 9.19 Å². The zero-order valence-electron chi connectivity index (χ0n) is 17.5. The quantitative estimate of drug-likeness (QED) is 0.437. The van der Waals surface area contributed by atoms with Gasteiger partial charge in [0.15, 0.2) is 0 Å². The molecule has 0 aliphatic carbocycles. The highest BCUT2D eigenvalue weighted by atomic mass is 79.9. The van der Waals surface area contributed by atoms with E-state index in [1.807, 2.05) is 18.2 Å². The van der Waals surface area contributed by atoms with Crippen LogP contribution in [0.2, 0.25) is 0 Å². The molecule has 0 spiro atoms. The molecular weight excluding hydrogens is 466 g/mol. The third kappa shape index (κ3) is 4.31. The largest absolute Gasteiger partial charge is 0.381 e. The number of aromatic nitrogens is 3. The predicted molar refractivity (Wildman–Crippen MR) is 118 cm³/mol. The molecule has 1 fully saturated rings. The summed E-state index contributed by atoms with van der Waals surface area (Å²) in [7, 11) is -1.38. The van der Waals surface area contributed by atoms with Crippen LogP contribution in [0.25, 0.3) is 11.0 Å². The van der Waals surface area contributed by atoms with Crippen molar-refractivity contribution in [3.05, 3.63) is 47.0 Å². The predicted octanol–water partition coefficient (Wildman–Crippen LogP) is 4.21. The van der Waals surface area contributed by atoms with Crippen LogP contribution in [0.15, 0.2) is 50.9 Å². The van der Waals surface area contributed by atoms with Crippen molar-refractivity contribution in [3.63, 3.8) is 0 Å². The monoisotopic (exact) mass is 492 g/mol. The van der Waals surface area contributed by atoms with Gasteiger partial charge >= 0.3 is 0 Å². The highest BCUT2D eigenvalue weighted by molar-refractivity contribution is 9.10. The minimum absolute atomic E-state index is 0.0965. The molecule has 160 valence electrons. The lowest BCUT2D eigenvalue weighted by atomic mass is 9.94. The van der Waals surface area contributed by atoms with Crippen molar-refractivity contribution in [3.8, 4) is 0 Å². The van der Waals surface area contributed by atoms with E-state index in [1.165, 1.54) is 12.4 Å². The number of hydrogen-bond donors (Lipinski definition) is 1. The van der Waals surface area contributed by atoms with Crippen molar-refractivity contribution in [2.75, 3.05) is 13.2 Å². The fourth-order valence-electron chi connectivity index (χ4n) is 3.89. The first-order chi connectivity index (χ1) is 14.2. The summed E-state index contributed by atoms with van der Waals surface area (Å²) in [5.41, 5.74) is 1.84. The van der Waals surface area contributed by atoms with Gasteiger partial charge in [0, 0.05) is 40.9 Å². The molecule has 1 aromatic carbocycles. The van der Waals surface area contributed by atoms with Gasteiger partial charge < -0.3 is 9.30 Å². The Morgan fingerprint density at radius 3 is 2.70 bits per heavy atom. The Labute approximate surface area is 187 Å². The molecule has 1 saturated heterocycles. The number of benzene rings is 1. The van der Waals surface area contributed by atoms with E-state index in [1.54, 1.807) is 6.07 Å². The number of imidazole rings is 1. The molecule has 6 nitrogen and oxygen atoms in total. The maximum absolute atomic E-state index is 13.2. The lowest BCUT2D eigenvalue weighted by Crippen LogP contribution is -2.28. The number of ether oxygens (including phenoxy) is 1. The van der Waals surface area contributed by atoms with Crippen LogP contribution in [0.1, 0.15) is 39.4 Å². The Bertz CT molecular complexity index is 1100. The van der Waals surface area contributed by atoms with E-state index < -0.39 is 10.8 Å². The molecule has 0 saturated carbocycles. The highest BCUT2D eigenvalue weighted by Gasteiger charge is 2.26. The molecule has 8 heteroatoms. The van der Waals surface area contributed by atoms with Crippen LogP contribution >= 0.6 is 15.9 Å². The minimum atomic E-state index is -1.38. The second-order valence-corrected chi connectivity index (χ2v) is 11.1. The van der Waals surface area contributed by atoms with Crippen LogP contribution in [0.4, 0.5) is 0 Å². The van der Waals surface area contributed by atoms with Gasteiger partial charge in [-0.15, -0.1) is 0 Å². The zero-order valence-corrected chi connectivity index (χ0v) is 19.9. The lowest BCUT2D eigenvalue weighted by Gasteiger charge is -2.26. The third-order valence-corrected chi connectivity index (χ3v) is 7.78. The number of fused-ring (bicyclic) bond motifs is 1. The summed E-state index contributed by atoms with van der Waals surface area (Å²) in [4.78, 5) is 6.26. The van der Waals surface area contributed by atoms with E-state index in [-0.39, 0.29) is 5.41 Å². The molecule has 1 aliphatic rings. The van der Waals surface area contributed by atoms with Gasteiger partial charge in [-0.2, -0.15) is 0 Å². The topological polar surface area (TPSA) is 68.2 Å². The van der Waals surface area contributed by atoms with E-state index in [4.69, 9.17) is 9.72 Å². The van der Waals surface area contributed by atoms with Crippen LogP contribution in [-0.4, -0.2) is 32.2 Å². The first-order valence-corrected chi connectivity index (χ1v) is 12.1. The maximum Gasteiger partial charge on any atom is 0.237 e. The summed E-state index contributed by atoms with van der Waals surface area (Å²) in [5.74, 6) is 1.63. The molecule has 0 bridgehead atoms. The Hall–Kier alpha value is -1.77. The molecule has 2 aromatic heterocycles. The molecule has 4 rings (SSSR count). The Morgan fingerprint density at radius 1 is 1.30 bits per heavy atom. The Kier molecular flexibility index (Phi) is 6.01. The van der Waals surface area contributed by atoms with Gasteiger partial charge in [-0.3, -0.25) is 5.21 Å². The van der Waals surface area contributed by atoms with Gasteiger partial charge in [0.1, 0.15) is 10.3 Å². The number of pyridine rings is 1. The SMILES string of the molecule is CC(C)(C)c1nc2cc(S(=O)c3cc[n+](O)cc3Br)ccc2n1CC1CCOCC1. The molecule has 1 atom stereocenters. The molecule has 1 N–H and O–H groups in total. The fourth-order valence-corrected chi connectivity index (χ4v) is 5.75. The summed E-state index contributed by atoms with van der Waals surface area (Å²) >= 11 is 3.39. The molecule has 1 unspecified atom stereocenters. The average Bonchev–Trinajstić information content (AvgIpc) is 3.06. The van der Waals surface area contributed by atoms with Gasteiger partial charge in [0.25, 0.3) is 0 Å². The molecule has 1 aliphatic heterocycles. The minimum Gasteiger partial charge on any atom is -0.381 e. The van der Waals surface area contributed by atoms with Gasteiger partial charge in [0.2, 0.25) is 12.4 Å². The molecule has 3 heterocycles. The van der Waals surface area contributed by atoms with Crippen molar-refractivity contribution >= 4 is 37.8 Å². The molecule has 30 heavy (non-hydrogen) atoms. The van der Waals surface area contributed by atoms with Crippen LogP contribution in [0, 0.1) is 5.92 Å². The van der Waals surface area contributed by atoms with Gasteiger partial charge in [0.05, 0.1) is 26.7 Å². The third-order valence-electron chi connectivity index (χ3n) is 5.45. The van der Waals surface area contributed by atoms with Crippen molar-refractivity contribution < 1.29 is 18.9 Å². The highest BCUT2D eigenvalue weighted by Crippen LogP contribution is 2.31. The first kappa shape index (κ1) is 21.5. The summed E-state index contributed by atoms with van der Waals surface area (Å²) in [6.45, 7) is 9.11. The number of rotatable bonds is 4. The van der Waals surface area contributed by atoms with Crippen LogP contribution < -0.4 is 4.73 Å². The summed E-state index contributed by atoms with van der Waals surface area (Å²) < 4.78 is 22.6. The van der Waals surface area contributed by atoms with Crippen LogP contribution in [0.5, 0.6) is 0 Å². The number of hydrogen-bond acceptors (Lipinski definition) is 4. The zero-order chi connectivity index (χ0) is 21.5. The van der Waals surface area contributed by atoms with Crippen molar-refractivity contribution in [2.45, 2.75) is 55.4 Å². The second kappa shape index (κ2) is 8.40. The van der Waals surface area contributed by atoms with Gasteiger partial charge in [-0.05, 0) is 52.9 Å². The second-order valence-electron chi connectivity index (χ2n) is 8.81. The molecule has 0 radical (unpaired) electrons. The lowest BCUT2D eigenvalue weighted by molar-refractivity contribution is -0.905.